The second-order valence-electron chi connectivity index (χ2n) is 5.09. The Hall–Kier alpha value is -0.590. The quantitative estimate of drug-likeness (QED) is 0.534. The van der Waals surface area contributed by atoms with E-state index in [4.69, 9.17) is 17.9 Å². The van der Waals surface area contributed by atoms with Gasteiger partial charge in [0, 0.05) is 0 Å². The first-order valence-electron chi connectivity index (χ1n) is 6.53. The van der Waals surface area contributed by atoms with E-state index in [-0.39, 0.29) is 10.3 Å². The van der Waals surface area contributed by atoms with Crippen molar-refractivity contribution in [1.82, 2.24) is 4.98 Å². The van der Waals surface area contributed by atoms with Crippen molar-refractivity contribution in [2.24, 2.45) is 0 Å². The van der Waals surface area contributed by atoms with Crippen LogP contribution >= 0.6 is 17.9 Å². The average Bonchev–Trinajstić information content (AvgIpc) is 2.37. The molecule has 0 spiro atoms. The molecule has 2 nitrogen and oxygen atoms in total. The fourth-order valence-electron chi connectivity index (χ4n) is 2.48. The first kappa shape index (κ1) is 16.8. The van der Waals surface area contributed by atoms with Gasteiger partial charge in [0.15, 0.2) is 0 Å². The summed E-state index contributed by atoms with van der Waals surface area (Å²) < 4.78 is 1.18. The van der Waals surface area contributed by atoms with Gasteiger partial charge in [-0.05, 0) is 0 Å². The maximum atomic E-state index is 12.3. The van der Waals surface area contributed by atoms with Crippen molar-refractivity contribution in [1.29, 1.82) is 0 Å². The molecule has 2 aromatic rings. The van der Waals surface area contributed by atoms with Crippen LogP contribution in [0.4, 0.5) is 0 Å². The molecule has 1 aromatic carbocycles. The summed E-state index contributed by atoms with van der Waals surface area (Å²) in [6.45, 7) is 6.05. The SMILES string of the molecule is Cc1cc(C)c([Te](Cl)(Cl)CC(=O)c2ccccn2)c(C)c1. The third-order valence-electron chi connectivity index (χ3n) is 3.17. The van der Waals surface area contributed by atoms with Crippen LogP contribution < -0.4 is 3.61 Å². The molecule has 0 bridgehead atoms. The van der Waals surface area contributed by atoms with E-state index in [1.807, 2.05) is 20.8 Å². The van der Waals surface area contributed by atoms with Gasteiger partial charge in [-0.2, -0.15) is 0 Å². The molecule has 0 aliphatic heterocycles. The van der Waals surface area contributed by atoms with E-state index in [0.29, 0.717) is 5.69 Å². The summed E-state index contributed by atoms with van der Waals surface area (Å²) >= 11 is -3.48. The van der Waals surface area contributed by atoms with Crippen LogP contribution in [0.1, 0.15) is 27.2 Å². The number of carbonyl (C=O) groups is 1. The van der Waals surface area contributed by atoms with Gasteiger partial charge in [0.25, 0.3) is 0 Å². The van der Waals surface area contributed by atoms with Gasteiger partial charge in [0.1, 0.15) is 0 Å². The maximum absolute atomic E-state index is 12.3. The van der Waals surface area contributed by atoms with Gasteiger partial charge >= 0.3 is 137 Å². The molecule has 0 radical (unpaired) electrons. The zero-order valence-electron chi connectivity index (χ0n) is 12.2. The Bertz CT molecular complexity index is 648. The van der Waals surface area contributed by atoms with Crippen LogP contribution in [0.15, 0.2) is 36.5 Å². The van der Waals surface area contributed by atoms with E-state index in [2.05, 4.69) is 17.1 Å². The molecular formula is C16H17Cl2NOTe. The normalized spacial score (nSPS) is 12.2. The number of hydrogen-bond donors (Lipinski definition) is 0. The van der Waals surface area contributed by atoms with Gasteiger partial charge in [-0.3, -0.25) is 0 Å². The Morgan fingerprint density at radius 1 is 1.14 bits per heavy atom. The van der Waals surface area contributed by atoms with Crippen LogP contribution in [0.2, 0.25) is 4.47 Å². The number of Topliss-reactive ketones (excluding diaryl/α,β-unsaturated/α-hetero) is 1. The van der Waals surface area contributed by atoms with Crippen molar-refractivity contribution >= 4 is 43.3 Å². The Labute approximate surface area is 136 Å². The first-order valence-corrected chi connectivity index (χ1v) is 15.2. The molecule has 112 valence electrons. The standard InChI is InChI=1S/C16H17Cl2NOTe/c1-11-8-12(2)16(13(3)9-11)21(17,18)10-15(20)14-6-4-5-7-19-14/h4-9H,10H2,1-3H3. The molecule has 0 fully saturated rings. The zero-order valence-corrected chi connectivity index (χ0v) is 16.0. The third-order valence-corrected chi connectivity index (χ3v) is 12.0. The molecule has 0 aliphatic rings. The van der Waals surface area contributed by atoms with Crippen molar-refractivity contribution < 1.29 is 4.79 Å². The van der Waals surface area contributed by atoms with Gasteiger partial charge in [-0.1, -0.05) is 0 Å². The van der Waals surface area contributed by atoms with Gasteiger partial charge in [-0.15, -0.1) is 0 Å². The van der Waals surface area contributed by atoms with Crippen LogP contribution in [0.5, 0.6) is 0 Å². The van der Waals surface area contributed by atoms with E-state index in [0.717, 1.165) is 14.7 Å². The molecule has 1 aromatic heterocycles. The number of rotatable bonds is 4. The average molecular weight is 438 g/mol. The zero-order chi connectivity index (χ0) is 15.6. The van der Waals surface area contributed by atoms with Crippen LogP contribution in [-0.2, 0) is 0 Å². The van der Waals surface area contributed by atoms with Gasteiger partial charge in [0.05, 0.1) is 0 Å². The summed E-state index contributed by atoms with van der Waals surface area (Å²) in [4.78, 5) is 16.4. The monoisotopic (exact) mass is 439 g/mol. The van der Waals surface area contributed by atoms with Gasteiger partial charge in [0.2, 0.25) is 0 Å². The summed E-state index contributed by atoms with van der Waals surface area (Å²) in [6.07, 6.45) is 1.60. The second kappa shape index (κ2) is 6.67. The molecular weight excluding hydrogens is 421 g/mol. The van der Waals surface area contributed by atoms with E-state index >= 15 is 0 Å². The number of ketones is 1. The summed E-state index contributed by atoms with van der Waals surface area (Å²) in [5.74, 6) is -0.0822. The summed E-state index contributed by atoms with van der Waals surface area (Å²) in [7, 11) is 13.4. The minimum absolute atomic E-state index is 0.0822. The first-order chi connectivity index (χ1) is 9.81. The van der Waals surface area contributed by atoms with E-state index < -0.39 is 15.9 Å². The number of nitrogens with zero attached hydrogens (tertiary/aromatic N) is 1. The third kappa shape index (κ3) is 3.99. The summed E-state index contributed by atoms with van der Waals surface area (Å²) in [5.41, 5.74) is 3.76. The molecule has 5 heteroatoms. The van der Waals surface area contributed by atoms with Crippen molar-refractivity contribution in [3.8, 4) is 0 Å². The molecule has 0 saturated heterocycles. The molecule has 0 atom stereocenters. The van der Waals surface area contributed by atoms with Gasteiger partial charge < -0.3 is 0 Å². The number of carbonyl (C=O) groups excluding carboxylic acids is 1. The van der Waals surface area contributed by atoms with Crippen molar-refractivity contribution in [3.05, 3.63) is 58.9 Å². The minimum atomic E-state index is -3.48. The van der Waals surface area contributed by atoms with Crippen molar-refractivity contribution in [2.75, 3.05) is 0 Å². The molecule has 0 aliphatic carbocycles. The number of halogens is 2. The number of pyridine rings is 1. The van der Waals surface area contributed by atoms with Crippen LogP contribution in [-0.4, -0.2) is 26.7 Å². The van der Waals surface area contributed by atoms with Crippen molar-refractivity contribution in [3.63, 3.8) is 0 Å². The fourth-order valence-corrected chi connectivity index (χ4v) is 11.9. The van der Waals surface area contributed by atoms with E-state index in [1.54, 1.807) is 24.4 Å². The van der Waals surface area contributed by atoms with Crippen LogP contribution in [0.25, 0.3) is 0 Å². The molecule has 2 rings (SSSR count). The molecule has 1 heterocycles. The number of benzene rings is 1. The molecule has 0 N–H and O–H groups in total. The predicted molar refractivity (Wildman–Crippen MR) is 91.1 cm³/mol. The number of aryl methyl sites for hydroxylation is 3. The number of aromatic nitrogens is 1. The predicted octanol–water partition coefficient (Wildman–Crippen LogP) is 4.02. The molecule has 0 unspecified atom stereocenters. The Kier molecular flexibility index (Phi) is 5.33. The molecule has 0 amide bonds. The van der Waals surface area contributed by atoms with E-state index in [1.165, 1.54) is 5.56 Å². The van der Waals surface area contributed by atoms with Crippen molar-refractivity contribution in [2.45, 2.75) is 25.2 Å². The fraction of sp³-hybridized carbons (Fsp3) is 0.250. The van der Waals surface area contributed by atoms with E-state index in [9.17, 15) is 4.79 Å². The molecule has 0 saturated carbocycles. The Morgan fingerprint density at radius 2 is 1.76 bits per heavy atom. The number of hydrogen-bond acceptors (Lipinski definition) is 2. The van der Waals surface area contributed by atoms with Crippen LogP contribution in [0, 0.1) is 20.8 Å². The second-order valence-corrected chi connectivity index (χ2v) is 18.5. The topological polar surface area (TPSA) is 30.0 Å². The Balaban J connectivity index is 2.33. The van der Waals surface area contributed by atoms with Gasteiger partial charge in [-0.25, -0.2) is 0 Å². The molecule has 21 heavy (non-hydrogen) atoms. The Morgan fingerprint density at radius 3 is 2.29 bits per heavy atom. The summed E-state index contributed by atoms with van der Waals surface area (Å²) in [6, 6.07) is 9.41. The summed E-state index contributed by atoms with van der Waals surface area (Å²) in [5, 5.41) is 0. The van der Waals surface area contributed by atoms with Crippen LogP contribution in [0.3, 0.4) is 0 Å².